The molecule has 5 rings (SSSR count). The lowest BCUT2D eigenvalue weighted by molar-refractivity contribution is -0.118. The van der Waals surface area contributed by atoms with Gasteiger partial charge < -0.3 is 14.4 Å². The summed E-state index contributed by atoms with van der Waals surface area (Å²) in [5.74, 6) is 0.0419. The van der Waals surface area contributed by atoms with Gasteiger partial charge in [-0.3, -0.25) is 9.59 Å². The summed E-state index contributed by atoms with van der Waals surface area (Å²) in [7, 11) is 0. The first-order chi connectivity index (χ1) is 17.9. The molecule has 2 heterocycles. The SMILES string of the molecule is CC(=O)COc1n[nH]c(=O)c2c1nc(C1CCCCC1)n2Cc1ccc(-c2ccccc2C(=O)O)cc1. The maximum absolute atomic E-state index is 13.0. The van der Waals surface area contributed by atoms with Crippen LogP contribution in [0, 0.1) is 0 Å². The number of carboxylic acids is 1. The number of nitrogens with one attached hydrogen (secondary N) is 1. The number of nitrogens with zero attached hydrogens (tertiary/aromatic N) is 3. The number of aromatic nitrogens is 4. The first-order valence-corrected chi connectivity index (χ1v) is 12.4. The van der Waals surface area contributed by atoms with E-state index in [0.717, 1.165) is 42.6 Å². The van der Waals surface area contributed by atoms with Crippen LogP contribution in [0.5, 0.6) is 5.88 Å². The minimum absolute atomic E-state index is 0.140. The molecule has 0 aliphatic heterocycles. The number of aromatic carboxylic acids is 1. The third kappa shape index (κ3) is 5.02. The van der Waals surface area contributed by atoms with E-state index in [4.69, 9.17) is 9.72 Å². The molecule has 1 fully saturated rings. The summed E-state index contributed by atoms with van der Waals surface area (Å²) in [5, 5.41) is 16.1. The number of Topliss-reactive ketones (excluding diaryl/α,β-unsaturated/α-hetero) is 1. The molecule has 2 aromatic carbocycles. The van der Waals surface area contributed by atoms with Crippen molar-refractivity contribution in [2.24, 2.45) is 0 Å². The van der Waals surface area contributed by atoms with Gasteiger partial charge in [0, 0.05) is 12.5 Å². The Morgan fingerprint density at radius 1 is 1.08 bits per heavy atom. The number of fused-ring (bicyclic) bond motifs is 1. The van der Waals surface area contributed by atoms with Gasteiger partial charge >= 0.3 is 5.97 Å². The molecule has 9 nitrogen and oxygen atoms in total. The van der Waals surface area contributed by atoms with E-state index in [1.54, 1.807) is 18.2 Å². The van der Waals surface area contributed by atoms with Gasteiger partial charge in [0.05, 0.1) is 5.56 Å². The standard InChI is InChI=1S/C28H28N4O5/c1-17(33)16-37-27-23-24(26(34)30-31-27)32(25(29-23)20-7-3-2-4-8-20)15-18-11-13-19(14-12-18)21-9-5-6-10-22(21)28(35)36/h5-6,9-14,20H,2-4,7-8,15-16H2,1H3,(H,30,34)(H,35,36). The van der Waals surface area contributed by atoms with Gasteiger partial charge in [0.15, 0.2) is 11.3 Å². The summed E-state index contributed by atoms with van der Waals surface area (Å²) < 4.78 is 7.52. The summed E-state index contributed by atoms with van der Waals surface area (Å²) in [6, 6.07) is 14.6. The lowest BCUT2D eigenvalue weighted by Gasteiger charge is -2.22. The monoisotopic (exact) mass is 500 g/mol. The highest BCUT2D eigenvalue weighted by molar-refractivity contribution is 5.96. The summed E-state index contributed by atoms with van der Waals surface area (Å²) >= 11 is 0. The molecule has 2 N–H and O–H groups in total. The molecule has 0 atom stereocenters. The third-order valence-electron chi connectivity index (χ3n) is 6.82. The Morgan fingerprint density at radius 2 is 1.81 bits per heavy atom. The van der Waals surface area contributed by atoms with Crippen molar-refractivity contribution in [3.8, 4) is 17.0 Å². The van der Waals surface area contributed by atoms with Crippen LogP contribution in [0.3, 0.4) is 0 Å². The third-order valence-corrected chi connectivity index (χ3v) is 6.82. The second-order valence-electron chi connectivity index (χ2n) is 9.48. The van der Waals surface area contributed by atoms with E-state index in [2.05, 4.69) is 10.2 Å². The van der Waals surface area contributed by atoms with Crippen molar-refractivity contribution >= 4 is 22.8 Å². The van der Waals surface area contributed by atoms with E-state index < -0.39 is 5.97 Å². The van der Waals surface area contributed by atoms with Crippen LogP contribution in [0.1, 0.15) is 66.7 Å². The van der Waals surface area contributed by atoms with E-state index in [1.807, 2.05) is 34.9 Å². The average molecular weight is 501 g/mol. The van der Waals surface area contributed by atoms with Gasteiger partial charge in [0.1, 0.15) is 17.9 Å². The van der Waals surface area contributed by atoms with E-state index in [0.29, 0.717) is 23.1 Å². The number of aromatic amines is 1. The van der Waals surface area contributed by atoms with E-state index in [-0.39, 0.29) is 35.3 Å². The Morgan fingerprint density at radius 3 is 2.51 bits per heavy atom. The molecule has 0 amide bonds. The predicted molar refractivity (Wildman–Crippen MR) is 138 cm³/mol. The van der Waals surface area contributed by atoms with Crippen molar-refractivity contribution in [3.63, 3.8) is 0 Å². The zero-order valence-corrected chi connectivity index (χ0v) is 20.6. The first kappa shape index (κ1) is 24.4. The van der Waals surface area contributed by atoms with Gasteiger partial charge in [-0.25, -0.2) is 14.9 Å². The molecular formula is C28H28N4O5. The molecule has 1 aliphatic carbocycles. The molecule has 1 saturated carbocycles. The highest BCUT2D eigenvalue weighted by atomic mass is 16.5. The van der Waals surface area contributed by atoms with Gasteiger partial charge in [0.25, 0.3) is 11.4 Å². The predicted octanol–water partition coefficient (Wildman–Crippen LogP) is 4.55. The van der Waals surface area contributed by atoms with Gasteiger partial charge in [-0.05, 0) is 42.5 Å². The Kier molecular flexibility index (Phi) is 6.85. The number of hydrogen-bond acceptors (Lipinski definition) is 6. The molecule has 4 aromatic rings. The van der Waals surface area contributed by atoms with E-state index >= 15 is 0 Å². The minimum atomic E-state index is -0.975. The van der Waals surface area contributed by atoms with Gasteiger partial charge in [-0.15, -0.1) is 5.10 Å². The first-order valence-electron chi connectivity index (χ1n) is 12.4. The summed E-state index contributed by atoms with van der Waals surface area (Å²) in [6.45, 7) is 1.68. The molecule has 1 aliphatic rings. The number of ether oxygens (including phenoxy) is 1. The normalized spacial score (nSPS) is 14.1. The highest BCUT2D eigenvalue weighted by Crippen LogP contribution is 2.35. The van der Waals surface area contributed by atoms with Crippen LogP contribution in [0.2, 0.25) is 0 Å². The van der Waals surface area contributed by atoms with Crippen molar-refractivity contribution in [1.82, 2.24) is 19.7 Å². The van der Waals surface area contributed by atoms with E-state index in [1.165, 1.54) is 13.3 Å². The van der Waals surface area contributed by atoms with Gasteiger partial charge in [-0.2, -0.15) is 0 Å². The van der Waals surface area contributed by atoms with Gasteiger partial charge in [0.2, 0.25) is 0 Å². The van der Waals surface area contributed by atoms with Crippen molar-refractivity contribution in [1.29, 1.82) is 0 Å². The molecular weight excluding hydrogens is 472 g/mol. The van der Waals surface area contributed by atoms with Crippen molar-refractivity contribution in [3.05, 3.63) is 75.8 Å². The maximum atomic E-state index is 13.0. The Hall–Kier alpha value is -4.27. The number of carbonyl (C=O) groups excluding carboxylic acids is 1. The topological polar surface area (TPSA) is 127 Å². The van der Waals surface area contributed by atoms with E-state index in [9.17, 15) is 19.5 Å². The van der Waals surface area contributed by atoms with Crippen molar-refractivity contribution in [2.45, 2.75) is 51.5 Å². The Labute approximate surface area is 213 Å². The fraction of sp³-hybridized carbons (Fsp3) is 0.321. The van der Waals surface area contributed by atoms with Crippen molar-refractivity contribution in [2.75, 3.05) is 6.61 Å². The van der Waals surface area contributed by atoms with Crippen LogP contribution in [-0.4, -0.2) is 43.2 Å². The largest absolute Gasteiger partial charge is 0.478 e. The number of imidazole rings is 1. The van der Waals surface area contributed by atoms with Crippen LogP contribution in [0.25, 0.3) is 22.2 Å². The van der Waals surface area contributed by atoms with Crippen LogP contribution in [0.4, 0.5) is 0 Å². The number of carbonyl (C=O) groups is 2. The van der Waals surface area contributed by atoms with Crippen LogP contribution >= 0.6 is 0 Å². The molecule has 0 spiro atoms. The maximum Gasteiger partial charge on any atom is 0.336 e. The molecule has 0 saturated heterocycles. The number of H-pyrrole nitrogens is 1. The zero-order valence-electron chi connectivity index (χ0n) is 20.6. The summed E-state index contributed by atoms with van der Waals surface area (Å²) in [4.78, 5) is 40.9. The number of ketones is 1. The highest BCUT2D eigenvalue weighted by Gasteiger charge is 2.26. The summed E-state index contributed by atoms with van der Waals surface area (Å²) in [5.41, 5.74) is 2.99. The quantitative estimate of drug-likeness (QED) is 0.363. The van der Waals surface area contributed by atoms with Gasteiger partial charge in [-0.1, -0.05) is 61.7 Å². The molecule has 0 unspecified atom stereocenters. The molecule has 0 bridgehead atoms. The fourth-order valence-electron chi connectivity index (χ4n) is 5.05. The number of hydrogen-bond donors (Lipinski definition) is 2. The fourth-order valence-corrected chi connectivity index (χ4v) is 5.05. The molecule has 2 aromatic heterocycles. The molecule has 37 heavy (non-hydrogen) atoms. The number of rotatable bonds is 8. The summed E-state index contributed by atoms with van der Waals surface area (Å²) in [6.07, 6.45) is 5.37. The minimum Gasteiger partial charge on any atom is -0.478 e. The second-order valence-corrected chi connectivity index (χ2v) is 9.48. The molecule has 0 radical (unpaired) electrons. The molecule has 190 valence electrons. The molecule has 9 heteroatoms. The smallest absolute Gasteiger partial charge is 0.336 e. The van der Waals surface area contributed by atoms with Crippen LogP contribution in [0.15, 0.2) is 53.3 Å². The zero-order chi connectivity index (χ0) is 25.9. The number of benzene rings is 2. The Balaban J connectivity index is 1.55. The van der Waals surface area contributed by atoms with Crippen LogP contribution < -0.4 is 10.3 Å². The Bertz CT molecular complexity index is 1510. The lowest BCUT2D eigenvalue weighted by Crippen LogP contribution is -2.18. The number of carboxylic acid groups (broad SMARTS) is 1. The average Bonchev–Trinajstić information content (AvgIpc) is 3.29. The van der Waals surface area contributed by atoms with Crippen LogP contribution in [-0.2, 0) is 11.3 Å². The van der Waals surface area contributed by atoms with Crippen molar-refractivity contribution < 1.29 is 19.4 Å². The second kappa shape index (κ2) is 10.4. The lowest BCUT2D eigenvalue weighted by atomic mass is 9.88.